The van der Waals surface area contributed by atoms with E-state index in [-0.39, 0.29) is 17.2 Å². The van der Waals surface area contributed by atoms with Gasteiger partial charge in [-0.15, -0.1) is 0 Å². The van der Waals surface area contributed by atoms with E-state index < -0.39 is 0 Å². The average molecular weight is 267 g/mol. The molecule has 0 aliphatic rings. The molecule has 0 aliphatic carbocycles. The number of benzene rings is 1. The van der Waals surface area contributed by atoms with Crippen LogP contribution in [0, 0.1) is 10.1 Å². The zero-order chi connectivity index (χ0) is 14.3. The topological polar surface area (TPSA) is 78.6 Å². The van der Waals surface area contributed by atoms with Gasteiger partial charge in [-0.1, -0.05) is 6.92 Å². The van der Waals surface area contributed by atoms with Crippen LogP contribution in [0.15, 0.2) is 18.2 Å². The average Bonchev–Trinajstić information content (AvgIpc) is 2.39. The predicted octanol–water partition coefficient (Wildman–Crippen LogP) is 1.84. The van der Waals surface area contributed by atoms with Crippen LogP contribution in [0.4, 0.5) is 11.4 Å². The van der Waals surface area contributed by atoms with E-state index in [0.717, 1.165) is 24.2 Å². The molecule has 0 fully saturated rings. The van der Waals surface area contributed by atoms with Crippen LogP contribution in [0.5, 0.6) is 0 Å². The summed E-state index contributed by atoms with van der Waals surface area (Å²) < 4.78 is 0. The van der Waals surface area contributed by atoms with Gasteiger partial charge in [0.1, 0.15) is 0 Å². The lowest BCUT2D eigenvalue weighted by Crippen LogP contribution is -2.27. The molecule has 2 N–H and O–H groups in total. The van der Waals surface area contributed by atoms with E-state index in [1.165, 1.54) is 6.07 Å². The highest BCUT2D eigenvalue weighted by atomic mass is 16.6. The zero-order valence-corrected chi connectivity index (χ0v) is 11.4. The first-order valence-corrected chi connectivity index (χ1v) is 6.40. The molecule has 0 radical (unpaired) electrons. The van der Waals surface area contributed by atoms with Crippen molar-refractivity contribution in [2.75, 3.05) is 32.1 Å². The largest absolute Gasteiger partial charge is 0.395 e. The molecule has 0 bridgehead atoms. The maximum absolute atomic E-state index is 10.8. The Hall–Kier alpha value is -1.66. The first-order chi connectivity index (χ1) is 9.12. The summed E-state index contributed by atoms with van der Waals surface area (Å²) in [5.74, 6) is 0. The Balaban J connectivity index is 2.94. The predicted molar refractivity (Wildman–Crippen MR) is 75.3 cm³/mol. The number of nitrogens with one attached hydrogen (secondary N) is 1. The van der Waals surface area contributed by atoms with Gasteiger partial charge in [0, 0.05) is 38.0 Å². The number of aliphatic hydroxyl groups is 1. The number of aliphatic hydroxyl groups excluding tert-OH is 1. The Labute approximate surface area is 113 Å². The van der Waals surface area contributed by atoms with Crippen molar-refractivity contribution in [3.63, 3.8) is 0 Å². The van der Waals surface area contributed by atoms with Crippen LogP contribution in [0.1, 0.15) is 18.9 Å². The Bertz CT molecular complexity index is 418. The smallest absolute Gasteiger partial charge is 0.269 e. The summed E-state index contributed by atoms with van der Waals surface area (Å²) >= 11 is 0. The van der Waals surface area contributed by atoms with Gasteiger partial charge < -0.3 is 10.4 Å². The van der Waals surface area contributed by atoms with Crippen LogP contribution >= 0.6 is 0 Å². The minimum Gasteiger partial charge on any atom is -0.395 e. The van der Waals surface area contributed by atoms with Crippen molar-refractivity contribution >= 4 is 11.4 Å². The van der Waals surface area contributed by atoms with Crippen LogP contribution in [0.25, 0.3) is 0 Å². The van der Waals surface area contributed by atoms with E-state index >= 15 is 0 Å². The minimum absolute atomic E-state index is 0.0871. The lowest BCUT2D eigenvalue weighted by atomic mass is 10.1. The maximum atomic E-state index is 10.8. The second-order valence-electron chi connectivity index (χ2n) is 4.35. The van der Waals surface area contributed by atoms with E-state index in [2.05, 4.69) is 17.1 Å². The Morgan fingerprint density at radius 3 is 2.68 bits per heavy atom. The molecule has 0 heterocycles. The summed E-state index contributed by atoms with van der Waals surface area (Å²) in [5, 5.41) is 22.9. The van der Waals surface area contributed by atoms with Crippen molar-refractivity contribution in [2.45, 2.75) is 19.9 Å². The highest BCUT2D eigenvalue weighted by molar-refractivity contribution is 5.55. The Kier molecular flexibility index (Phi) is 6.24. The molecular formula is C13H21N3O3. The maximum Gasteiger partial charge on any atom is 0.269 e. The van der Waals surface area contributed by atoms with Crippen molar-refractivity contribution < 1.29 is 10.0 Å². The van der Waals surface area contributed by atoms with Crippen molar-refractivity contribution in [3.05, 3.63) is 33.9 Å². The highest BCUT2D eigenvalue weighted by Crippen LogP contribution is 2.23. The second kappa shape index (κ2) is 7.70. The van der Waals surface area contributed by atoms with Crippen LogP contribution in [0.2, 0.25) is 0 Å². The van der Waals surface area contributed by atoms with E-state index in [0.29, 0.717) is 13.1 Å². The Morgan fingerprint density at radius 1 is 1.42 bits per heavy atom. The Morgan fingerprint density at radius 2 is 2.16 bits per heavy atom. The summed E-state index contributed by atoms with van der Waals surface area (Å²) in [6.45, 7) is 4.17. The molecule has 0 saturated heterocycles. The minimum atomic E-state index is -0.390. The lowest BCUT2D eigenvalue weighted by molar-refractivity contribution is -0.384. The summed E-state index contributed by atoms with van der Waals surface area (Å²) in [6, 6.07) is 4.80. The molecule has 0 saturated carbocycles. The van der Waals surface area contributed by atoms with Crippen LogP contribution < -0.4 is 5.32 Å². The normalized spacial score (nSPS) is 10.7. The van der Waals surface area contributed by atoms with Crippen LogP contribution in [-0.2, 0) is 6.54 Å². The number of rotatable bonds is 8. The molecule has 0 aliphatic heterocycles. The SMILES string of the molecule is CCCN(CCO)Cc1cc([N+](=O)[O-])ccc1NC. The molecule has 0 spiro atoms. The first-order valence-electron chi connectivity index (χ1n) is 6.40. The fourth-order valence-corrected chi connectivity index (χ4v) is 2.04. The summed E-state index contributed by atoms with van der Waals surface area (Å²) in [4.78, 5) is 12.5. The van der Waals surface area contributed by atoms with Gasteiger partial charge in [0.15, 0.2) is 0 Å². The van der Waals surface area contributed by atoms with Gasteiger partial charge in [-0.05, 0) is 24.6 Å². The number of nitrogens with zero attached hydrogens (tertiary/aromatic N) is 2. The number of hydrogen-bond acceptors (Lipinski definition) is 5. The third-order valence-corrected chi connectivity index (χ3v) is 2.92. The molecule has 0 atom stereocenters. The highest BCUT2D eigenvalue weighted by Gasteiger charge is 2.13. The van der Waals surface area contributed by atoms with Crippen molar-refractivity contribution in [1.82, 2.24) is 4.90 Å². The third kappa shape index (κ3) is 4.50. The van der Waals surface area contributed by atoms with Gasteiger partial charge in [-0.3, -0.25) is 15.0 Å². The zero-order valence-electron chi connectivity index (χ0n) is 11.4. The lowest BCUT2D eigenvalue weighted by Gasteiger charge is -2.22. The van der Waals surface area contributed by atoms with Gasteiger partial charge in [0.2, 0.25) is 0 Å². The number of anilines is 1. The number of hydrogen-bond donors (Lipinski definition) is 2. The fraction of sp³-hybridized carbons (Fsp3) is 0.538. The monoisotopic (exact) mass is 267 g/mol. The van der Waals surface area contributed by atoms with Gasteiger partial charge >= 0.3 is 0 Å². The van der Waals surface area contributed by atoms with Crippen LogP contribution in [0.3, 0.4) is 0 Å². The van der Waals surface area contributed by atoms with Crippen LogP contribution in [-0.4, -0.2) is 41.7 Å². The molecule has 0 amide bonds. The third-order valence-electron chi connectivity index (χ3n) is 2.92. The fourth-order valence-electron chi connectivity index (χ4n) is 2.04. The van der Waals surface area contributed by atoms with E-state index in [4.69, 9.17) is 5.11 Å². The second-order valence-corrected chi connectivity index (χ2v) is 4.35. The van der Waals surface area contributed by atoms with E-state index in [9.17, 15) is 10.1 Å². The molecule has 6 heteroatoms. The summed E-state index contributed by atoms with van der Waals surface area (Å²) in [7, 11) is 1.79. The van der Waals surface area contributed by atoms with E-state index in [1.54, 1.807) is 19.2 Å². The van der Waals surface area contributed by atoms with Crippen molar-refractivity contribution in [3.8, 4) is 0 Å². The van der Waals surface area contributed by atoms with Crippen molar-refractivity contribution in [1.29, 1.82) is 0 Å². The standard InChI is InChI=1S/C13H21N3O3/c1-3-6-15(7-8-17)10-11-9-12(16(18)19)4-5-13(11)14-2/h4-5,9,14,17H,3,6-8,10H2,1-2H3. The molecule has 1 rings (SSSR count). The molecular weight excluding hydrogens is 246 g/mol. The molecule has 0 unspecified atom stereocenters. The molecule has 1 aromatic carbocycles. The van der Waals surface area contributed by atoms with Gasteiger partial charge in [0.25, 0.3) is 5.69 Å². The van der Waals surface area contributed by atoms with E-state index in [1.807, 2.05) is 0 Å². The van der Waals surface area contributed by atoms with Gasteiger partial charge in [0.05, 0.1) is 11.5 Å². The molecule has 6 nitrogen and oxygen atoms in total. The number of nitro benzene ring substituents is 1. The molecule has 1 aromatic rings. The number of non-ortho nitro benzene ring substituents is 1. The summed E-state index contributed by atoms with van der Waals surface area (Å²) in [5.41, 5.74) is 1.85. The van der Waals surface area contributed by atoms with Crippen molar-refractivity contribution in [2.24, 2.45) is 0 Å². The molecule has 19 heavy (non-hydrogen) atoms. The molecule has 106 valence electrons. The first kappa shape index (κ1) is 15.4. The summed E-state index contributed by atoms with van der Waals surface area (Å²) in [6.07, 6.45) is 0.976. The van der Waals surface area contributed by atoms with Gasteiger partial charge in [-0.25, -0.2) is 0 Å². The number of nitro groups is 1. The van der Waals surface area contributed by atoms with Gasteiger partial charge in [-0.2, -0.15) is 0 Å². The molecule has 0 aromatic heterocycles. The quantitative estimate of drug-likeness (QED) is 0.555.